The zero-order valence-electron chi connectivity index (χ0n) is 15.4. The molecule has 1 unspecified atom stereocenters. The minimum atomic E-state index is 0.0248. The van der Waals surface area contributed by atoms with Crippen LogP contribution in [0.2, 0.25) is 0 Å². The molecule has 3 aromatic rings. The molecule has 1 amide bonds. The van der Waals surface area contributed by atoms with Crippen LogP contribution in [0, 0.1) is 0 Å². The molecule has 0 aliphatic carbocycles. The zero-order valence-corrected chi connectivity index (χ0v) is 15.4. The lowest BCUT2D eigenvalue weighted by Gasteiger charge is -2.17. The molecule has 1 aliphatic heterocycles. The lowest BCUT2D eigenvalue weighted by molar-refractivity contribution is -0.130. The van der Waals surface area contributed by atoms with Gasteiger partial charge in [0.2, 0.25) is 11.8 Å². The fourth-order valence-electron chi connectivity index (χ4n) is 3.58. The van der Waals surface area contributed by atoms with Gasteiger partial charge in [-0.2, -0.15) is 0 Å². The van der Waals surface area contributed by atoms with Crippen LogP contribution in [0.5, 0.6) is 5.88 Å². The van der Waals surface area contributed by atoms with E-state index in [4.69, 9.17) is 4.74 Å². The lowest BCUT2D eigenvalue weighted by Crippen LogP contribution is -2.30. The summed E-state index contributed by atoms with van der Waals surface area (Å²) < 4.78 is 6.03. The molecule has 4 rings (SSSR count). The van der Waals surface area contributed by atoms with Crippen molar-refractivity contribution in [2.24, 2.45) is 0 Å². The molecule has 1 saturated heterocycles. The minimum Gasteiger partial charge on any atom is -0.472 e. The van der Waals surface area contributed by atoms with Crippen molar-refractivity contribution >= 4 is 16.8 Å². The summed E-state index contributed by atoms with van der Waals surface area (Å²) in [7, 11) is 0. The van der Waals surface area contributed by atoms with Crippen LogP contribution < -0.4 is 4.74 Å². The van der Waals surface area contributed by atoms with Crippen molar-refractivity contribution in [3.8, 4) is 5.88 Å². The quantitative estimate of drug-likeness (QED) is 0.660. The number of benzene rings is 2. The third kappa shape index (κ3) is 4.45. The predicted molar refractivity (Wildman–Crippen MR) is 107 cm³/mol. The van der Waals surface area contributed by atoms with Gasteiger partial charge in [0, 0.05) is 30.8 Å². The number of nitrogens with zero attached hydrogens (tertiary/aromatic N) is 2. The van der Waals surface area contributed by atoms with Crippen molar-refractivity contribution in [1.29, 1.82) is 0 Å². The van der Waals surface area contributed by atoms with E-state index in [-0.39, 0.29) is 12.0 Å². The molecule has 0 spiro atoms. The molecule has 27 heavy (non-hydrogen) atoms. The molecule has 0 N–H and O–H groups in total. The second-order valence-electron chi connectivity index (χ2n) is 7.05. The molecule has 0 radical (unpaired) electrons. The number of carbonyl (C=O) groups excluding carboxylic acids is 1. The summed E-state index contributed by atoms with van der Waals surface area (Å²) in [6.45, 7) is 1.42. The smallest absolute Gasteiger partial charge is 0.222 e. The van der Waals surface area contributed by atoms with Gasteiger partial charge in [0.05, 0.1) is 12.1 Å². The summed E-state index contributed by atoms with van der Waals surface area (Å²) in [5.74, 6) is 0.862. The summed E-state index contributed by atoms with van der Waals surface area (Å²) in [5, 5.41) is 1.10. The molecule has 0 saturated carbocycles. The Morgan fingerprint density at radius 1 is 1.04 bits per heavy atom. The topological polar surface area (TPSA) is 42.4 Å². The van der Waals surface area contributed by atoms with Crippen molar-refractivity contribution in [3.05, 3.63) is 72.3 Å². The first kappa shape index (κ1) is 17.5. The lowest BCUT2D eigenvalue weighted by atomic mass is 10.1. The fourth-order valence-corrected chi connectivity index (χ4v) is 3.58. The van der Waals surface area contributed by atoms with Crippen molar-refractivity contribution < 1.29 is 9.53 Å². The van der Waals surface area contributed by atoms with Crippen LogP contribution >= 0.6 is 0 Å². The summed E-state index contributed by atoms with van der Waals surface area (Å²) in [6, 6.07) is 22.3. The van der Waals surface area contributed by atoms with Crippen molar-refractivity contribution in [2.45, 2.75) is 31.8 Å². The number of pyridine rings is 1. The van der Waals surface area contributed by atoms with Crippen molar-refractivity contribution in [2.75, 3.05) is 13.1 Å². The van der Waals surface area contributed by atoms with Gasteiger partial charge in [-0.3, -0.25) is 4.79 Å². The van der Waals surface area contributed by atoms with E-state index in [1.165, 1.54) is 5.56 Å². The number of hydrogen-bond donors (Lipinski definition) is 0. The normalized spacial score (nSPS) is 16.6. The Balaban J connectivity index is 1.27. The summed E-state index contributed by atoms with van der Waals surface area (Å²) in [6.07, 6.45) is 3.31. The van der Waals surface area contributed by atoms with Gasteiger partial charge in [-0.1, -0.05) is 48.5 Å². The number of fused-ring (bicyclic) bond motifs is 1. The molecule has 1 aliphatic rings. The van der Waals surface area contributed by atoms with Gasteiger partial charge in [-0.25, -0.2) is 4.98 Å². The highest BCUT2D eigenvalue weighted by atomic mass is 16.5. The van der Waals surface area contributed by atoms with Crippen LogP contribution in [-0.2, 0) is 11.2 Å². The van der Waals surface area contributed by atoms with Gasteiger partial charge in [0.1, 0.15) is 6.10 Å². The van der Waals surface area contributed by atoms with E-state index in [1.807, 2.05) is 59.5 Å². The van der Waals surface area contributed by atoms with Gasteiger partial charge in [-0.05, 0) is 30.5 Å². The van der Waals surface area contributed by atoms with Gasteiger partial charge < -0.3 is 9.64 Å². The highest BCUT2D eigenvalue weighted by Crippen LogP contribution is 2.21. The Labute approximate surface area is 159 Å². The second kappa shape index (κ2) is 8.21. The number of amides is 1. The molecule has 4 nitrogen and oxygen atoms in total. The van der Waals surface area contributed by atoms with E-state index in [0.29, 0.717) is 18.8 Å². The maximum absolute atomic E-state index is 12.5. The maximum Gasteiger partial charge on any atom is 0.222 e. The van der Waals surface area contributed by atoms with Gasteiger partial charge >= 0.3 is 0 Å². The first-order valence-corrected chi connectivity index (χ1v) is 9.62. The first-order chi connectivity index (χ1) is 13.3. The monoisotopic (exact) mass is 360 g/mol. The Bertz CT molecular complexity index is 910. The summed E-state index contributed by atoms with van der Waals surface area (Å²) in [5.41, 5.74) is 2.22. The number of ether oxygens (including phenoxy) is 1. The number of carbonyl (C=O) groups is 1. The molecule has 138 valence electrons. The first-order valence-electron chi connectivity index (χ1n) is 9.62. The molecule has 1 atom stereocenters. The zero-order chi connectivity index (χ0) is 18.5. The van der Waals surface area contributed by atoms with Crippen molar-refractivity contribution in [3.63, 3.8) is 0 Å². The Morgan fingerprint density at radius 2 is 1.85 bits per heavy atom. The average Bonchev–Trinajstić information content (AvgIpc) is 3.17. The number of rotatable bonds is 6. The average molecular weight is 360 g/mol. The van der Waals surface area contributed by atoms with Crippen LogP contribution in [0.4, 0.5) is 0 Å². The third-order valence-corrected chi connectivity index (χ3v) is 5.06. The van der Waals surface area contributed by atoms with Crippen LogP contribution in [0.15, 0.2) is 66.7 Å². The second-order valence-corrected chi connectivity index (χ2v) is 7.05. The van der Waals surface area contributed by atoms with E-state index in [2.05, 4.69) is 17.1 Å². The summed E-state index contributed by atoms with van der Waals surface area (Å²) in [4.78, 5) is 19.0. The molecule has 2 heterocycles. The minimum absolute atomic E-state index is 0.0248. The number of hydrogen-bond acceptors (Lipinski definition) is 3. The van der Waals surface area contributed by atoms with Crippen LogP contribution in [0.25, 0.3) is 10.9 Å². The van der Waals surface area contributed by atoms with Crippen molar-refractivity contribution in [1.82, 2.24) is 9.88 Å². The highest BCUT2D eigenvalue weighted by Gasteiger charge is 2.27. The van der Waals surface area contributed by atoms with Gasteiger partial charge in [0.15, 0.2) is 0 Å². The highest BCUT2D eigenvalue weighted by molar-refractivity contribution is 5.78. The number of aryl methyl sites for hydroxylation is 1. The van der Waals surface area contributed by atoms with Crippen LogP contribution in [0.1, 0.15) is 24.8 Å². The molecule has 0 bridgehead atoms. The van der Waals surface area contributed by atoms with E-state index in [1.54, 1.807) is 0 Å². The third-order valence-electron chi connectivity index (χ3n) is 5.06. The van der Waals surface area contributed by atoms with Crippen LogP contribution in [-0.4, -0.2) is 35.0 Å². The molecule has 1 aromatic heterocycles. The molecule has 4 heteroatoms. The number of likely N-dealkylation sites (tertiary alicyclic amines) is 1. The molecular weight excluding hydrogens is 336 g/mol. The van der Waals surface area contributed by atoms with Crippen LogP contribution in [0.3, 0.4) is 0 Å². The largest absolute Gasteiger partial charge is 0.472 e. The number of aromatic nitrogens is 1. The number of para-hydroxylation sites is 1. The van der Waals surface area contributed by atoms with E-state index < -0.39 is 0 Å². The molecular formula is C23H24N2O2. The Hall–Kier alpha value is -2.88. The van der Waals surface area contributed by atoms with E-state index in [0.717, 1.165) is 36.7 Å². The Morgan fingerprint density at radius 3 is 2.74 bits per heavy atom. The SMILES string of the molecule is O=C(CCCc1ccccc1)N1CCC(Oc2ccc3ccccc3n2)C1. The fraction of sp³-hybridized carbons (Fsp3) is 0.304. The van der Waals surface area contributed by atoms with Gasteiger partial charge in [0.25, 0.3) is 0 Å². The van der Waals surface area contributed by atoms with Gasteiger partial charge in [-0.15, -0.1) is 0 Å². The standard InChI is InChI=1S/C23H24N2O2/c26-23(12-6-9-18-7-2-1-3-8-18)25-16-15-20(17-25)27-22-14-13-19-10-4-5-11-21(19)24-22/h1-5,7-8,10-11,13-14,20H,6,9,12,15-17H2. The van der Waals surface area contributed by atoms with E-state index >= 15 is 0 Å². The van der Waals surface area contributed by atoms with E-state index in [9.17, 15) is 4.79 Å². The summed E-state index contributed by atoms with van der Waals surface area (Å²) >= 11 is 0. The maximum atomic E-state index is 12.5. The predicted octanol–water partition coefficient (Wildman–Crippen LogP) is 4.24. The molecule has 2 aromatic carbocycles. The Kier molecular flexibility index (Phi) is 5.33. The molecule has 1 fully saturated rings.